The molecule has 1 heterocycles. The topological polar surface area (TPSA) is 34.2 Å². The van der Waals surface area contributed by atoms with E-state index in [1.54, 1.807) is 18.4 Å². The van der Waals surface area contributed by atoms with E-state index in [0.717, 1.165) is 30.1 Å². The van der Waals surface area contributed by atoms with Gasteiger partial charge in [0.1, 0.15) is 5.75 Å². The van der Waals surface area contributed by atoms with Gasteiger partial charge in [-0.1, -0.05) is 18.2 Å². The number of methoxy groups -OCH3 is 1. The molecule has 0 bridgehead atoms. The first-order valence-electron chi connectivity index (χ1n) is 6.90. The number of para-hydroxylation sites is 1. The van der Waals surface area contributed by atoms with Crippen LogP contribution in [0, 0.1) is 12.8 Å². The van der Waals surface area contributed by atoms with Gasteiger partial charge in [-0.2, -0.15) is 0 Å². The van der Waals surface area contributed by atoms with Crippen LogP contribution in [0.15, 0.2) is 30.5 Å². The molecule has 20 heavy (non-hydrogen) atoms. The average molecular weight is 290 g/mol. The fourth-order valence-corrected chi connectivity index (χ4v) is 3.38. The van der Waals surface area contributed by atoms with E-state index in [2.05, 4.69) is 29.4 Å². The summed E-state index contributed by atoms with van der Waals surface area (Å²) in [6.45, 7) is 3.05. The van der Waals surface area contributed by atoms with Crippen molar-refractivity contribution in [3.63, 3.8) is 0 Å². The van der Waals surface area contributed by atoms with Crippen molar-refractivity contribution in [2.45, 2.75) is 19.8 Å². The predicted molar refractivity (Wildman–Crippen MR) is 84.7 cm³/mol. The van der Waals surface area contributed by atoms with Crippen LogP contribution in [-0.4, -0.2) is 25.7 Å². The lowest BCUT2D eigenvalue weighted by atomic mass is 9.95. The molecule has 0 saturated carbocycles. The molecule has 0 aliphatic rings. The van der Waals surface area contributed by atoms with Crippen LogP contribution < -0.4 is 10.1 Å². The van der Waals surface area contributed by atoms with Crippen molar-refractivity contribution in [1.29, 1.82) is 0 Å². The van der Waals surface area contributed by atoms with Gasteiger partial charge in [0.2, 0.25) is 0 Å². The van der Waals surface area contributed by atoms with Crippen molar-refractivity contribution in [2.75, 3.05) is 20.7 Å². The molecule has 0 radical (unpaired) electrons. The Labute approximate surface area is 125 Å². The highest BCUT2D eigenvalue weighted by atomic mass is 32.1. The van der Waals surface area contributed by atoms with Crippen LogP contribution >= 0.6 is 11.3 Å². The number of rotatable bonds is 7. The van der Waals surface area contributed by atoms with E-state index >= 15 is 0 Å². The van der Waals surface area contributed by atoms with Crippen LogP contribution in [0.4, 0.5) is 0 Å². The minimum atomic E-state index is 0.552. The number of benzene rings is 1. The summed E-state index contributed by atoms with van der Waals surface area (Å²) in [5.74, 6) is 1.53. The van der Waals surface area contributed by atoms with Crippen LogP contribution in [0.5, 0.6) is 5.75 Å². The van der Waals surface area contributed by atoms with Gasteiger partial charge in [0.15, 0.2) is 0 Å². The number of nitrogens with one attached hydrogen (secondary N) is 1. The lowest BCUT2D eigenvalue weighted by molar-refractivity contribution is 0.402. The average Bonchev–Trinajstić information content (AvgIpc) is 2.85. The molecule has 0 aliphatic heterocycles. The van der Waals surface area contributed by atoms with E-state index in [0.29, 0.717) is 5.92 Å². The molecule has 108 valence electrons. The predicted octanol–water partition coefficient (Wildman–Crippen LogP) is 3.08. The van der Waals surface area contributed by atoms with Gasteiger partial charge >= 0.3 is 0 Å². The van der Waals surface area contributed by atoms with Crippen molar-refractivity contribution in [2.24, 2.45) is 5.92 Å². The third kappa shape index (κ3) is 4.05. The molecule has 3 nitrogen and oxygen atoms in total. The minimum Gasteiger partial charge on any atom is -0.496 e. The Kier molecular flexibility index (Phi) is 5.56. The minimum absolute atomic E-state index is 0.552. The lowest BCUT2D eigenvalue weighted by Crippen LogP contribution is -2.22. The third-order valence-corrected chi connectivity index (χ3v) is 4.29. The molecule has 4 heteroatoms. The Morgan fingerprint density at radius 1 is 1.30 bits per heavy atom. The highest BCUT2D eigenvalue weighted by Gasteiger charge is 2.14. The summed E-state index contributed by atoms with van der Waals surface area (Å²) < 4.78 is 5.45. The van der Waals surface area contributed by atoms with Crippen LogP contribution in [0.3, 0.4) is 0 Å². The second kappa shape index (κ2) is 7.41. The van der Waals surface area contributed by atoms with Crippen LogP contribution in [0.1, 0.15) is 15.4 Å². The van der Waals surface area contributed by atoms with E-state index in [1.807, 2.05) is 25.4 Å². The maximum Gasteiger partial charge on any atom is 0.122 e. The van der Waals surface area contributed by atoms with Gasteiger partial charge in [-0.25, -0.2) is 4.98 Å². The quantitative estimate of drug-likeness (QED) is 0.851. The number of ether oxygens (including phenoxy) is 1. The van der Waals surface area contributed by atoms with Gasteiger partial charge in [-0.05, 0) is 50.9 Å². The largest absolute Gasteiger partial charge is 0.496 e. The van der Waals surface area contributed by atoms with Crippen molar-refractivity contribution in [1.82, 2.24) is 10.3 Å². The molecule has 2 rings (SSSR count). The Balaban J connectivity index is 2.08. The Bertz CT molecular complexity index is 539. The van der Waals surface area contributed by atoms with Crippen molar-refractivity contribution in [3.8, 4) is 5.75 Å². The first kappa shape index (κ1) is 15.0. The van der Waals surface area contributed by atoms with Crippen molar-refractivity contribution >= 4 is 11.3 Å². The van der Waals surface area contributed by atoms with E-state index in [1.165, 1.54) is 10.4 Å². The summed E-state index contributed by atoms with van der Waals surface area (Å²) in [5, 5.41) is 4.44. The molecular formula is C16H22N2OS. The Morgan fingerprint density at radius 2 is 2.10 bits per heavy atom. The molecule has 0 amide bonds. The summed E-state index contributed by atoms with van der Waals surface area (Å²) in [5.41, 5.74) is 1.27. The highest BCUT2D eigenvalue weighted by Crippen LogP contribution is 2.24. The Hall–Kier alpha value is -1.39. The smallest absolute Gasteiger partial charge is 0.122 e. The summed E-state index contributed by atoms with van der Waals surface area (Å²) in [4.78, 5) is 5.70. The molecule has 0 spiro atoms. The molecular weight excluding hydrogens is 268 g/mol. The van der Waals surface area contributed by atoms with E-state index in [4.69, 9.17) is 4.74 Å². The van der Waals surface area contributed by atoms with Gasteiger partial charge in [0.05, 0.1) is 12.1 Å². The van der Waals surface area contributed by atoms with Gasteiger partial charge in [-0.15, -0.1) is 11.3 Å². The summed E-state index contributed by atoms with van der Waals surface area (Å²) in [6, 6.07) is 8.27. The number of aromatic nitrogens is 1. The summed E-state index contributed by atoms with van der Waals surface area (Å²) in [6.07, 6.45) is 4.08. The molecule has 1 aromatic heterocycles. The van der Waals surface area contributed by atoms with E-state index in [-0.39, 0.29) is 0 Å². The first-order valence-corrected chi connectivity index (χ1v) is 7.72. The molecule has 1 N–H and O–H groups in total. The van der Waals surface area contributed by atoms with E-state index in [9.17, 15) is 0 Å². The zero-order chi connectivity index (χ0) is 14.4. The Morgan fingerprint density at radius 3 is 2.75 bits per heavy atom. The normalized spacial score (nSPS) is 12.3. The third-order valence-electron chi connectivity index (χ3n) is 3.35. The first-order chi connectivity index (χ1) is 9.72. The monoisotopic (exact) mass is 290 g/mol. The molecule has 1 atom stereocenters. The molecule has 0 fully saturated rings. The number of aryl methyl sites for hydroxylation is 1. The van der Waals surface area contributed by atoms with Crippen LogP contribution in [0.25, 0.3) is 0 Å². The zero-order valence-electron chi connectivity index (χ0n) is 12.3. The standard InChI is InChI=1S/C16H22N2OS/c1-12-18-11-15(20-12)9-13(10-17-2)8-14-6-4-5-7-16(14)19-3/h4-7,11,13,17H,8-10H2,1-3H3. The van der Waals surface area contributed by atoms with Crippen LogP contribution in [0.2, 0.25) is 0 Å². The maximum absolute atomic E-state index is 5.45. The van der Waals surface area contributed by atoms with Crippen molar-refractivity contribution < 1.29 is 4.74 Å². The zero-order valence-corrected chi connectivity index (χ0v) is 13.2. The number of nitrogens with zero attached hydrogens (tertiary/aromatic N) is 1. The van der Waals surface area contributed by atoms with Gasteiger partial charge < -0.3 is 10.1 Å². The highest BCUT2D eigenvalue weighted by molar-refractivity contribution is 7.11. The fraction of sp³-hybridized carbons (Fsp3) is 0.438. The lowest BCUT2D eigenvalue weighted by Gasteiger charge is -2.17. The molecule has 1 unspecified atom stereocenters. The van der Waals surface area contributed by atoms with Crippen LogP contribution in [-0.2, 0) is 12.8 Å². The number of thiazole rings is 1. The SMILES string of the molecule is CNCC(Cc1cnc(C)s1)Cc1ccccc1OC. The van der Waals surface area contributed by atoms with E-state index < -0.39 is 0 Å². The number of hydrogen-bond donors (Lipinski definition) is 1. The maximum atomic E-state index is 5.45. The number of hydrogen-bond acceptors (Lipinski definition) is 4. The molecule has 1 aromatic carbocycles. The molecule has 2 aromatic rings. The second-order valence-corrected chi connectivity index (χ2v) is 6.31. The second-order valence-electron chi connectivity index (χ2n) is 4.99. The van der Waals surface area contributed by atoms with Crippen molar-refractivity contribution in [3.05, 3.63) is 45.9 Å². The van der Waals surface area contributed by atoms with Gasteiger partial charge in [0.25, 0.3) is 0 Å². The van der Waals surface area contributed by atoms with Gasteiger partial charge in [-0.3, -0.25) is 0 Å². The molecule has 0 saturated heterocycles. The van der Waals surface area contributed by atoms with Gasteiger partial charge in [0, 0.05) is 11.1 Å². The fourth-order valence-electron chi connectivity index (χ4n) is 2.47. The summed E-state index contributed by atoms with van der Waals surface area (Å²) >= 11 is 1.79. The molecule has 0 aliphatic carbocycles. The summed E-state index contributed by atoms with van der Waals surface area (Å²) in [7, 11) is 3.74.